The standard InChI is InChI=1S/C19H27N5O5/c1-10(2)19(27)28-7-12-14(25)15(26)18(29-12)24-9-22-13-16(20-8-21-17(13)24)23-11-5-3-4-6-11/h8-12,14-15,18,25-26H,3-7H2,1-2H3,(H,20,21,23)/t12-,14?,15?,18-/m1/s1. The van der Waals surface area contributed by atoms with Gasteiger partial charge in [0.15, 0.2) is 23.2 Å². The van der Waals surface area contributed by atoms with Gasteiger partial charge in [-0.25, -0.2) is 15.0 Å². The minimum atomic E-state index is -1.21. The van der Waals surface area contributed by atoms with Crippen molar-refractivity contribution < 1.29 is 24.5 Å². The van der Waals surface area contributed by atoms with Crippen molar-refractivity contribution in [2.75, 3.05) is 11.9 Å². The topological polar surface area (TPSA) is 132 Å². The van der Waals surface area contributed by atoms with Crippen LogP contribution < -0.4 is 5.32 Å². The molecule has 2 unspecified atom stereocenters. The largest absolute Gasteiger partial charge is 0.463 e. The van der Waals surface area contributed by atoms with Crippen molar-refractivity contribution in [3.8, 4) is 0 Å². The lowest BCUT2D eigenvalue weighted by atomic mass is 10.1. The van der Waals surface area contributed by atoms with Crippen LogP contribution in [0, 0.1) is 5.92 Å². The van der Waals surface area contributed by atoms with E-state index in [0.29, 0.717) is 23.0 Å². The monoisotopic (exact) mass is 405 g/mol. The van der Waals surface area contributed by atoms with E-state index < -0.39 is 24.5 Å². The summed E-state index contributed by atoms with van der Waals surface area (Å²) in [5.41, 5.74) is 1.08. The number of carbonyl (C=O) groups excluding carboxylic acids is 1. The van der Waals surface area contributed by atoms with Gasteiger partial charge in [-0.2, -0.15) is 0 Å². The average molecular weight is 405 g/mol. The average Bonchev–Trinajstić information content (AvgIpc) is 3.42. The fourth-order valence-corrected chi connectivity index (χ4v) is 3.83. The number of ether oxygens (including phenoxy) is 2. The molecule has 1 aliphatic heterocycles. The van der Waals surface area contributed by atoms with Gasteiger partial charge >= 0.3 is 5.97 Å². The Hall–Kier alpha value is -2.30. The molecule has 158 valence electrons. The molecule has 0 spiro atoms. The van der Waals surface area contributed by atoms with Crippen LogP contribution in [0.4, 0.5) is 5.82 Å². The fraction of sp³-hybridized carbons (Fsp3) is 0.684. The van der Waals surface area contributed by atoms with Crippen molar-refractivity contribution in [2.45, 2.75) is 70.1 Å². The first-order valence-corrected chi connectivity index (χ1v) is 10.1. The summed E-state index contributed by atoms with van der Waals surface area (Å²) in [5, 5.41) is 24.3. The van der Waals surface area contributed by atoms with Crippen LogP contribution in [0.1, 0.15) is 45.8 Å². The van der Waals surface area contributed by atoms with Crippen LogP contribution in [-0.4, -0.2) is 66.7 Å². The van der Waals surface area contributed by atoms with E-state index in [0.717, 1.165) is 12.8 Å². The van der Waals surface area contributed by atoms with Gasteiger partial charge in [-0.05, 0) is 12.8 Å². The highest BCUT2D eigenvalue weighted by Crippen LogP contribution is 2.33. The van der Waals surface area contributed by atoms with Crippen molar-refractivity contribution in [3.63, 3.8) is 0 Å². The molecule has 3 N–H and O–H groups in total. The van der Waals surface area contributed by atoms with Crippen molar-refractivity contribution in [3.05, 3.63) is 12.7 Å². The Bertz CT molecular complexity index is 866. The van der Waals surface area contributed by atoms with E-state index in [4.69, 9.17) is 9.47 Å². The fourth-order valence-electron chi connectivity index (χ4n) is 3.83. The molecule has 2 fully saturated rings. The second-order valence-corrected chi connectivity index (χ2v) is 8.00. The van der Waals surface area contributed by atoms with E-state index in [-0.39, 0.29) is 18.5 Å². The Morgan fingerprint density at radius 3 is 2.76 bits per heavy atom. The van der Waals surface area contributed by atoms with Gasteiger partial charge in [-0.3, -0.25) is 9.36 Å². The Balaban J connectivity index is 1.52. The maximum atomic E-state index is 11.7. The van der Waals surface area contributed by atoms with Gasteiger partial charge < -0.3 is 25.0 Å². The number of aliphatic hydroxyl groups is 2. The molecular weight excluding hydrogens is 378 g/mol. The van der Waals surface area contributed by atoms with Gasteiger partial charge in [0.1, 0.15) is 31.2 Å². The number of hydrogen-bond acceptors (Lipinski definition) is 9. The molecule has 0 aromatic carbocycles. The molecule has 1 saturated carbocycles. The quantitative estimate of drug-likeness (QED) is 0.602. The second kappa shape index (κ2) is 8.21. The number of fused-ring (bicyclic) bond motifs is 1. The molecule has 4 rings (SSSR count). The summed E-state index contributed by atoms with van der Waals surface area (Å²) in [6.07, 6.45) is 3.40. The molecule has 29 heavy (non-hydrogen) atoms. The lowest BCUT2D eigenvalue weighted by molar-refractivity contribution is -0.153. The van der Waals surface area contributed by atoms with Crippen molar-refractivity contribution in [2.24, 2.45) is 5.92 Å². The summed E-state index contributed by atoms with van der Waals surface area (Å²) in [5.74, 6) is -0.0207. The van der Waals surface area contributed by atoms with Gasteiger partial charge in [-0.15, -0.1) is 0 Å². The number of esters is 1. The molecule has 2 aliphatic rings. The minimum Gasteiger partial charge on any atom is -0.463 e. The Kier molecular flexibility index (Phi) is 5.66. The molecule has 0 radical (unpaired) electrons. The van der Waals surface area contributed by atoms with Gasteiger partial charge in [-0.1, -0.05) is 26.7 Å². The van der Waals surface area contributed by atoms with E-state index >= 15 is 0 Å². The third-order valence-electron chi connectivity index (χ3n) is 5.53. The highest BCUT2D eigenvalue weighted by Gasteiger charge is 2.45. The number of nitrogens with one attached hydrogen (secondary N) is 1. The van der Waals surface area contributed by atoms with E-state index in [1.54, 1.807) is 18.4 Å². The predicted octanol–water partition coefficient (Wildman–Crippen LogP) is 0.999. The normalized spacial score (nSPS) is 27.8. The zero-order chi connectivity index (χ0) is 20.5. The summed E-state index contributed by atoms with van der Waals surface area (Å²) in [4.78, 5) is 24.7. The molecule has 2 aromatic heterocycles. The number of aliphatic hydroxyl groups excluding tert-OH is 2. The maximum absolute atomic E-state index is 11.7. The van der Waals surface area contributed by atoms with Crippen LogP contribution >= 0.6 is 0 Å². The SMILES string of the molecule is CC(C)C(=O)OC[C@H]1O[C@@H](n2cnc3c(NC4CCCC4)ncnc32)C(O)C1O. The van der Waals surface area contributed by atoms with E-state index in [1.165, 1.54) is 25.5 Å². The van der Waals surface area contributed by atoms with Crippen molar-refractivity contribution in [1.29, 1.82) is 0 Å². The minimum absolute atomic E-state index is 0.137. The molecule has 4 atom stereocenters. The summed E-state index contributed by atoms with van der Waals surface area (Å²) in [7, 11) is 0. The molecule has 1 aliphatic carbocycles. The summed E-state index contributed by atoms with van der Waals surface area (Å²) in [6.45, 7) is 3.31. The third-order valence-corrected chi connectivity index (χ3v) is 5.53. The smallest absolute Gasteiger partial charge is 0.308 e. The van der Waals surface area contributed by atoms with Crippen molar-refractivity contribution >= 4 is 23.0 Å². The highest BCUT2D eigenvalue weighted by molar-refractivity contribution is 5.82. The van der Waals surface area contributed by atoms with Gasteiger partial charge in [0.05, 0.1) is 12.2 Å². The first-order chi connectivity index (χ1) is 14.0. The molecule has 0 amide bonds. The number of carbonyl (C=O) groups is 1. The van der Waals surface area contributed by atoms with Crippen LogP contribution in [0.25, 0.3) is 11.2 Å². The Morgan fingerprint density at radius 1 is 1.28 bits per heavy atom. The van der Waals surface area contributed by atoms with Gasteiger partial charge in [0.25, 0.3) is 0 Å². The summed E-state index contributed by atoms with van der Waals surface area (Å²) < 4.78 is 12.5. The lowest BCUT2D eigenvalue weighted by Crippen LogP contribution is -2.34. The van der Waals surface area contributed by atoms with Gasteiger partial charge in [0, 0.05) is 6.04 Å². The Labute approximate surface area is 168 Å². The molecule has 2 aromatic rings. The van der Waals surface area contributed by atoms with Crippen molar-refractivity contribution in [1.82, 2.24) is 19.5 Å². The summed E-state index contributed by atoms with van der Waals surface area (Å²) in [6, 6.07) is 0.369. The third kappa shape index (κ3) is 3.92. The predicted molar refractivity (Wildman–Crippen MR) is 103 cm³/mol. The molecule has 1 saturated heterocycles. The van der Waals surface area contributed by atoms with Crippen LogP contribution in [0.3, 0.4) is 0 Å². The molecule has 3 heterocycles. The zero-order valence-electron chi connectivity index (χ0n) is 16.6. The first-order valence-electron chi connectivity index (χ1n) is 10.1. The van der Waals surface area contributed by atoms with E-state index in [9.17, 15) is 15.0 Å². The maximum Gasteiger partial charge on any atom is 0.308 e. The van der Waals surface area contributed by atoms with Crippen LogP contribution in [0.5, 0.6) is 0 Å². The number of nitrogens with zero attached hydrogens (tertiary/aromatic N) is 4. The van der Waals surface area contributed by atoms with E-state index in [1.807, 2.05) is 0 Å². The zero-order valence-corrected chi connectivity index (χ0v) is 16.6. The number of anilines is 1. The number of imidazole rings is 1. The van der Waals surface area contributed by atoms with E-state index in [2.05, 4.69) is 20.3 Å². The molecular formula is C19H27N5O5. The number of rotatable bonds is 6. The molecule has 10 nitrogen and oxygen atoms in total. The number of hydrogen-bond donors (Lipinski definition) is 3. The van der Waals surface area contributed by atoms with Crippen LogP contribution in [0.2, 0.25) is 0 Å². The summed E-state index contributed by atoms with van der Waals surface area (Å²) >= 11 is 0. The number of aromatic nitrogens is 4. The van der Waals surface area contributed by atoms with Crippen LogP contribution in [0.15, 0.2) is 12.7 Å². The van der Waals surface area contributed by atoms with Gasteiger partial charge in [0.2, 0.25) is 0 Å². The molecule has 0 bridgehead atoms. The Morgan fingerprint density at radius 2 is 2.03 bits per heavy atom. The second-order valence-electron chi connectivity index (χ2n) is 8.00. The van der Waals surface area contributed by atoms with Crippen LogP contribution in [-0.2, 0) is 14.3 Å². The highest BCUT2D eigenvalue weighted by atomic mass is 16.6. The first kappa shape index (κ1) is 20.0. The lowest BCUT2D eigenvalue weighted by Gasteiger charge is -2.17. The molecule has 10 heteroatoms.